The fraction of sp³-hybridized carbons (Fsp3) is 0.571. The Bertz CT molecular complexity index is 251. The Morgan fingerprint density at radius 1 is 1.55 bits per heavy atom. The van der Waals surface area contributed by atoms with Crippen molar-refractivity contribution in [2.24, 2.45) is 0 Å². The molecule has 0 atom stereocenters. The highest BCUT2D eigenvalue weighted by Crippen LogP contribution is 2.36. The summed E-state index contributed by atoms with van der Waals surface area (Å²) in [6, 6.07) is 0. The highest BCUT2D eigenvalue weighted by Gasteiger charge is 2.39. The molecular weight excluding hydrogens is 142 g/mol. The molecule has 1 aromatic rings. The van der Waals surface area contributed by atoms with Crippen LogP contribution in [0.25, 0.3) is 0 Å². The Hall–Kier alpha value is -1.19. The van der Waals surface area contributed by atoms with Crippen LogP contribution in [0.5, 0.6) is 0 Å². The van der Waals surface area contributed by atoms with Crippen molar-refractivity contribution in [1.29, 1.82) is 0 Å². The number of hydrogen-bond donors (Lipinski definition) is 0. The molecule has 58 valence electrons. The molecule has 0 aromatic carbocycles. The number of aromatic nitrogens is 3. The molecule has 1 fully saturated rings. The molecule has 0 aliphatic heterocycles. The summed E-state index contributed by atoms with van der Waals surface area (Å²) in [5, 5.41) is 7.49. The van der Waals surface area contributed by atoms with Crippen LogP contribution in [0.2, 0.25) is 0 Å². The van der Waals surface area contributed by atoms with E-state index >= 15 is 0 Å². The number of hydrogen-bond acceptors (Lipinski definition) is 3. The van der Waals surface area contributed by atoms with E-state index in [2.05, 4.69) is 10.3 Å². The maximum absolute atomic E-state index is 10.7. The molecule has 4 nitrogen and oxygen atoms in total. The van der Waals surface area contributed by atoms with Crippen molar-refractivity contribution in [3.05, 3.63) is 12.4 Å². The summed E-state index contributed by atoms with van der Waals surface area (Å²) in [4.78, 5) is 10.7. The molecule has 11 heavy (non-hydrogen) atoms. The first-order chi connectivity index (χ1) is 5.37. The smallest absolute Gasteiger partial charge is 0.147 e. The number of nitrogens with zero attached hydrogens (tertiary/aromatic N) is 3. The van der Waals surface area contributed by atoms with Crippen molar-refractivity contribution in [3.63, 3.8) is 0 Å². The van der Waals surface area contributed by atoms with Crippen molar-refractivity contribution >= 4 is 6.29 Å². The molecule has 1 aromatic heterocycles. The second-order valence-electron chi connectivity index (χ2n) is 2.92. The van der Waals surface area contributed by atoms with Crippen LogP contribution in [0.3, 0.4) is 0 Å². The van der Waals surface area contributed by atoms with Crippen LogP contribution in [0, 0.1) is 0 Å². The zero-order valence-corrected chi connectivity index (χ0v) is 6.10. The molecule has 0 saturated heterocycles. The molecule has 0 unspecified atom stereocenters. The van der Waals surface area contributed by atoms with Gasteiger partial charge in [-0.1, -0.05) is 5.21 Å². The number of rotatable bonds is 2. The predicted molar refractivity (Wildman–Crippen MR) is 37.9 cm³/mol. The Labute approximate surface area is 64.2 Å². The highest BCUT2D eigenvalue weighted by atomic mass is 16.1. The first-order valence-electron chi connectivity index (χ1n) is 3.70. The van der Waals surface area contributed by atoms with Crippen LogP contribution >= 0.6 is 0 Å². The van der Waals surface area contributed by atoms with Gasteiger partial charge in [0, 0.05) is 6.20 Å². The minimum atomic E-state index is -0.351. The van der Waals surface area contributed by atoms with Gasteiger partial charge in [0.2, 0.25) is 0 Å². The Kier molecular flexibility index (Phi) is 1.27. The molecule has 0 spiro atoms. The average molecular weight is 151 g/mol. The first-order valence-corrected chi connectivity index (χ1v) is 3.70. The first kappa shape index (κ1) is 6.52. The molecular formula is C7H9N3O. The summed E-state index contributed by atoms with van der Waals surface area (Å²) in [6.45, 7) is 0. The van der Waals surface area contributed by atoms with E-state index in [4.69, 9.17) is 0 Å². The van der Waals surface area contributed by atoms with Crippen molar-refractivity contribution < 1.29 is 4.79 Å². The topological polar surface area (TPSA) is 47.8 Å². The molecule has 1 aliphatic carbocycles. The zero-order chi connectivity index (χ0) is 7.73. The fourth-order valence-electron chi connectivity index (χ4n) is 1.39. The second kappa shape index (κ2) is 2.15. The molecule has 1 aliphatic rings. The predicted octanol–water partition coefficient (Wildman–Crippen LogP) is 0.356. The maximum Gasteiger partial charge on any atom is 0.147 e. The van der Waals surface area contributed by atoms with Crippen LogP contribution in [0.4, 0.5) is 0 Å². The van der Waals surface area contributed by atoms with Crippen LogP contribution < -0.4 is 0 Å². The van der Waals surface area contributed by atoms with Crippen molar-refractivity contribution in [2.75, 3.05) is 0 Å². The van der Waals surface area contributed by atoms with Gasteiger partial charge in [0.05, 0.1) is 6.20 Å². The van der Waals surface area contributed by atoms with E-state index in [0.29, 0.717) is 0 Å². The van der Waals surface area contributed by atoms with E-state index in [9.17, 15) is 4.79 Å². The Balaban J connectivity index is 2.32. The third kappa shape index (κ3) is 0.785. The molecule has 0 N–H and O–H groups in total. The number of aldehydes is 1. The largest absolute Gasteiger partial charge is 0.301 e. The van der Waals surface area contributed by atoms with Crippen molar-refractivity contribution in [2.45, 2.75) is 24.8 Å². The number of carbonyl (C=O) groups excluding carboxylic acids is 1. The van der Waals surface area contributed by atoms with Crippen molar-refractivity contribution in [1.82, 2.24) is 15.0 Å². The summed E-state index contributed by atoms with van der Waals surface area (Å²) < 4.78 is 1.66. The fourth-order valence-corrected chi connectivity index (χ4v) is 1.39. The van der Waals surface area contributed by atoms with Gasteiger partial charge < -0.3 is 4.79 Å². The lowest BCUT2D eigenvalue weighted by atomic mass is 9.78. The molecule has 4 heteroatoms. The van der Waals surface area contributed by atoms with Crippen LogP contribution in [0.1, 0.15) is 19.3 Å². The minimum Gasteiger partial charge on any atom is -0.301 e. The van der Waals surface area contributed by atoms with E-state index in [1.54, 1.807) is 17.1 Å². The van der Waals surface area contributed by atoms with E-state index in [1.807, 2.05) is 0 Å². The maximum atomic E-state index is 10.7. The minimum absolute atomic E-state index is 0.351. The van der Waals surface area contributed by atoms with Gasteiger partial charge in [-0.05, 0) is 19.3 Å². The van der Waals surface area contributed by atoms with E-state index in [0.717, 1.165) is 25.5 Å². The summed E-state index contributed by atoms with van der Waals surface area (Å²) in [6.07, 6.45) is 7.24. The van der Waals surface area contributed by atoms with Gasteiger partial charge in [0.25, 0.3) is 0 Å². The Morgan fingerprint density at radius 2 is 2.36 bits per heavy atom. The summed E-state index contributed by atoms with van der Waals surface area (Å²) >= 11 is 0. The van der Waals surface area contributed by atoms with Gasteiger partial charge in [-0.3, -0.25) is 0 Å². The lowest BCUT2D eigenvalue weighted by Gasteiger charge is -2.35. The Morgan fingerprint density at radius 3 is 2.73 bits per heavy atom. The summed E-state index contributed by atoms with van der Waals surface area (Å²) in [7, 11) is 0. The molecule has 1 saturated carbocycles. The molecule has 1 heterocycles. The molecule has 0 bridgehead atoms. The van der Waals surface area contributed by atoms with Gasteiger partial charge in [-0.25, -0.2) is 4.68 Å². The lowest BCUT2D eigenvalue weighted by molar-refractivity contribution is -0.119. The van der Waals surface area contributed by atoms with E-state index < -0.39 is 0 Å². The molecule has 0 amide bonds. The normalized spacial score (nSPS) is 20.7. The van der Waals surface area contributed by atoms with Crippen LogP contribution in [-0.4, -0.2) is 21.3 Å². The zero-order valence-electron chi connectivity index (χ0n) is 6.10. The van der Waals surface area contributed by atoms with Crippen molar-refractivity contribution in [3.8, 4) is 0 Å². The van der Waals surface area contributed by atoms with Gasteiger partial charge in [0.1, 0.15) is 11.8 Å². The second-order valence-corrected chi connectivity index (χ2v) is 2.92. The molecule has 2 rings (SSSR count). The average Bonchev–Trinajstić information content (AvgIpc) is 2.39. The summed E-state index contributed by atoms with van der Waals surface area (Å²) in [5.41, 5.74) is -0.351. The lowest BCUT2D eigenvalue weighted by Crippen LogP contribution is -2.42. The van der Waals surface area contributed by atoms with Gasteiger partial charge in [-0.15, -0.1) is 5.10 Å². The van der Waals surface area contributed by atoms with Crippen LogP contribution in [-0.2, 0) is 10.3 Å². The van der Waals surface area contributed by atoms with Crippen LogP contribution in [0.15, 0.2) is 12.4 Å². The van der Waals surface area contributed by atoms with Gasteiger partial charge >= 0.3 is 0 Å². The van der Waals surface area contributed by atoms with E-state index in [-0.39, 0.29) is 5.54 Å². The third-order valence-electron chi connectivity index (χ3n) is 2.32. The quantitative estimate of drug-likeness (QED) is 0.573. The standard InChI is InChI=1S/C7H9N3O/c11-6-7(2-1-3-7)10-5-4-8-9-10/h4-6H,1-3H2. The van der Waals surface area contributed by atoms with Gasteiger partial charge in [0.15, 0.2) is 0 Å². The monoisotopic (exact) mass is 151 g/mol. The third-order valence-corrected chi connectivity index (χ3v) is 2.32. The summed E-state index contributed by atoms with van der Waals surface area (Å²) in [5.74, 6) is 0. The highest BCUT2D eigenvalue weighted by molar-refractivity contribution is 5.63. The SMILES string of the molecule is O=CC1(n2ccnn2)CCC1. The van der Waals surface area contributed by atoms with E-state index in [1.165, 1.54) is 0 Å². The molecule has 0 radical (unpaired) electrons. The van der Waals surface area contributed by atoms with Gasteiger partial charge in [-0.2, -0.15) is 0 Å². The number of carbonyl (C=O) groups is 1.